The quantitative estimate of drug-likeness (QED) is 0.0366. The molecule has 1 aromatic heterocycles. The number of phenols is 2. The monoisotopic (exact) mass is 866 g/mol. The first-order valence-electron chi connectivity index (χ1n) is 17.6. The summed E-state index contributed by atoms with van der Waals surface area (Å²) in [6, 6.07) is 1.29. The van der Waals surface area contributed by atoms with Gasteiger partial charge in [0.2, 0.25) is 16.4 Å². The highest BCUT2D eigenvalue weighted by Gasteiger charge is 2.66. The number of phenolic OH excluding ortho intramolecular Hbond substituents is 2. The van der Waals surface area contributed by atoms with E-state index in [4.69, 9.17) is 22.2 Å². The number of aliphatic carboxylic acids is 2. The fourth-order valence-corrected chi connectivity index (χ4v) is 9.09. The number of benzene rings is 1. The number of thiazole rings is 1. The van der Waals surface area contributed by atoms with E-state index in [-0.39, 0.29) is 35.4 Å². The maximum atomic E-state index is 13.9. The van der Waals surface area contributed by atoms with Gasteiger partial charge in [-0.1, -0.05) is 28.5 Å². The first kappa shape index (κ1) is 42.2. The molecule has 0 aliphatic carbocycles. The minimum absolute atomic E-state index is 0.0208. The van der Waals surface area contributed by atoms with Gasteiger partial charge in [0, 0.05) is 29.8 Å². The third kappa shape index (κ3) is 8.01. The van der Waals surface area contributed by atoms with E-state index in [0.717, 1.165) is 39.1 Å². The number of Topliss-reactive ketones (excluding diaryl/α,β-unsaturated/α-hetero) is 1. The van der Waals surface area contributed by atoms with Gasteiger partial charge >= 0.3 is 18.0 Å². The number of halogens is 1. The lowest BCUT2D eigenvalue weighted by Crippen LogP contribution is -2.60. The van der Waals surface area contributed by atoms with Crippen LogP contribution in [0.5, 0.6) is 11.5 Å². The number of rotatable bonds is 15. The summed E-state index contributed by atoms with van der Waals surface area (Å²) in [5.74, 6) is -7.88. The number of nitrogens with two attached hydrogens (primary N) is 1. The van der Waals surface area contributed by atoms with Gasteiger partial charge in [-0.2, -0.15) is 5.10 Å². The van der Waals surface area contributed by atoms with E-state index in [9.17, 15) is 54.3 Å². The number of aliphatic hydroxyl groups excluding tert-OH is 1. The largest absolute Gasteiger partial charge is 0.504 e. The van der Waals surface area contributed by atoms with E-state index >= 15 is 0 Å². The van der Waals surface area contributed by atoms with Gasteiger partial charge in [-0.05, 0) is 51.9 Å². The second kappa shape index (κ2) is 16.4. The third-order valence-corrected chi connectivity index (χ3v) is 12.8. The number of aromatic hydroxyl groups is 2. The number of anilines is 1. The van der Waals surface area contributed by atoms with Crippen LogP contribution in [0.25, 0.3) is 0 Å². The number of nitrogen functional groups attached to an aromatic ring is 1. The molecule has 4 atom stereocenters. The van der Waals surface area contributed by atoms with E-state index in [1.54, 1.807) is 0 Å². The van der Waals surface area contributed by atoms with E-state index < -0.39 is 104 Å². The zero-order chi connectivity index (χ0) is 42.3. The molecule has 25 heteroatoms. The lowest BCUT2D eigenvalue weighted by molar-refractivity contribution is -0.161. The number of thioether (sulfide) groups is 1. The van der Waals surface area contributed by atoms with Crippen LogP contribution in [-0.2, 0) is 28.8 Å². The number of aliphatic hydroxyl groups is 1. The third-order valence-electron chi connectivity index (χ3n) is 9.99. The molecule has 22 nitrogen and oxygen atoms in total. The van der Waals surface area contributed by atoms with Crippen LogP contribution in [0, 0.1) is 11.8 Å². The highest BCUT2D eigenvalue weighted by Crippen LogP contribution is 2.53. The highest BCUT2D eigenvalue weighted by atomic mass is 35.5. The number of hydrogen-bond acceptors (Lipinski definition) is 18. The minimum atomic E-state index is -2.05. The van der Waals surface area contributed by atoms with Gasteiger partial charge in [0.1, 0.15) is 11.9 Å². The van der Waals surface area contributed by atoms with Crippen molar-refractivity contribution in [3.8, 4) is 11.5 Å². The number of β-lactam (4-membered cyclic amide) rings is 1. The number of aromatic nitrogens is 1. The van der Waals surface area contributed by atoms with Crippen LogP contribution in [0.1, 0.15) is 44.4 Å². The predicted octanol–water partition coefficient (Wildman–Crippen LogP) is -0.274. The van der Waals surface area contributed by atoms with Crippen LogP contribution in [0.15, 0.2) is 27.8 Å². The van der Waals surface area contributed by atoms with Gasteiger partial charge in [0.25, 0.3) is 5.91 Å². The summed E-state index contributed by atoms with van der Waals surface area (Å²) in [5, 5.41) is 62.9. The Morgan fingerprint density at radius 2 is 1.86 bits per heavy atom. The second-order valence-electron chi connectivity index (χ2n) is 14.2. The van der Waals surface area contributed by atoms with Crippen molar-refractivity contribution in [3.05, 3.63) is 33.8 Å². The Morgan fingerprint density at radius 1 is 1.16 bits per heavy atom. The first-order valence-corrected chi connectivity index (χ1v) is 19.8. The van der Waals surface area contributed by atoms with Crippen LogP contribution in [0.3, 0.4) is 0 Å². The van der Waals surface area contributed by atoms with Crippen molar-refractivity contribution in [1.82, 2.24) is 36.0 Å². The normalized spacial score (nSPS) is 23.3. The van der Waals surface area contributed by atoms with Crippen LogP contribution in [0.2, 0.25) is 5.02 Å². The molecule has 5 heterocycles. The summed E-state index contributed by atoms with van der Waals surface area (Å²) in [7, 11) is 0. The van der Waals surface area contributed by atoms with Crippen molar-refractivity contribution >= 4 is 86.8 Å². The van der Waals surface area contributed by atoms with Crippen LogP contribution in [-0.4, -0.2) is 147 Å². The number of hydrogen-bond donors (Lipinski definition) is 9. The zero-order valence-electron chi connectivity index (χ0n) is 30.7. The first-order chi connectivity index (χ1) is 27.4. The number of oxime groups is 1. The maximum Gasteiger partial charge on any atom is 0.350 e. The van der Waals surface area contributed by atoms with E-state index in [1.165, 1.54) is 30.2 Å². The van der Waals surface area contributed by atoms with Gasteiger partial charge < -0.3 is 46.3 Å². The molecule has 4 amide bonds. The minimum Gasteiger partial charge on any atom is -0.504 e. The van der Waals surface area contributed by atoms with Crippen molar-refractivity contribution < 1.29 is 59.1 Å². The summed E-state index contributed by atoms with van der Waals surface area (Å²) in [6.45, 7) is 2.81. The van der Waals surface area contributed by atoms with Crippen molar-refractivity contribution in [2.24, 2.45) is 22.1 Å². The van der Waals surface area contributed by atoms with Gasteiger partial charge in [0.15, 0.2) is 33.8 Å². The Balaban J connectivity index is 1.18. The molecule has 0 radical (unpaired) electrons. The number of carboxylic acids is 2. The Kier molecular flexibility index (Phi) is 12.0. The molecule has 1 aromatic carbocycles. The number of urea groups is 1. The molecule has 2 aromatic rings. The topological polar surface area (TPSA) is 322 Å². The van der Waals surface area contributed by atoms with Crippen molar-refractivity contribution in [2.75, 3.05) is 38.5 Å². The number of amides is 4. The molecule has 4 aliphatic rings. The molecule has 6 rings (SSSR count). The number of carboxylic acid groups (broad SMARTS) is 2. The molecule has 4 saturated heterocycles. The van der Waals surface area contributed by atoms with Gasteiger partial charge in [-0.15, -0.1) is 11.3 Å². The lowest BCUT2D eigenvalue weighted by Gasteiger charge is -2.40. The molecule has 0 spiro atoms. The molecule has 0 bridgehead atoms. The summed E-state index contributed by atoms with van der Waals surface area (Å²) in [5.41, 5.74) is 7.71. The molecule has 312 valence electrons. The van der Waals surface area contributed by atoms with Crippen LogP contribution < -0.4 is 21.9 Å². The SMILES string of the molecule is CC(C)(O/N=C(\C(=O)C[C@@H]1C(=O)N2C[C@@](C(=O)O)(N3CCN(NC(=O)/C(=N\NC(O)C4CCNCC4)c4ccc(O)c(O)c4Cl)C3=O)S[C@H]12)c1csc(N)n1)C(=O)O. The number of piperidine rings is 1. The molecule has 10 N–H and O–H groups in total. The smallest absolute Gasteiger partial charge is 0.350 e. The molecular weight excluding hydrogens is 828 g/mol. The number of nitrogens with zero attached hydrogens (tertiary/aromatic N) is 6. The van der Waals surface area contributed by atoms with Gasteiger partial charge in [-0.3, -0.25) is 30.1 Å². The lowest BCUT2D eigenvalue weighted by atomic mass is 9.90. The molecule has 0 saturated carbocycles. The van der Waals surface area contributed by atoms with Crippen molar-refractivity contribution in [3.63, 3.8) is 0 Å². The average molecular weight is 867 g/mol. The van der Waals surface area contributed by atoms with Crippen LogP contribution in [0.4, 0.5) is 9.93 Å². The summed E-state index contributed by atoms with van der Waals surface area (Å²) in [4.78, 5) is 88.5. The van der Waals surface area contributed by atoms with Crippen molar-refractivity contribution in [1.29, 1.82) is 0 Å². The molecule has 1 unspecified atom stereocenters. The number of hydrazine groups is 1. The maximum absolute atomic E-state index is 13.9. The molecule has 4 fully saturated rings. The van der Waals surface area contributed by atoms with E-state index in [1.807, 2.05) is 0 Å². The molecular formula is C33H39ClN10O12S2. The highest BCUT2D eigenvalue weighted by molar-refractivity contribution is 8.02. The summed E-state index contributed by atoms with van der Waals surface area (Å²) >= 11 is 8.01. The standard InChI is InChI=1S/C33H39ClN10O12S2/c1-32(2,28(51)52)56-41-22(17-12-57-30(35)37-17)19(46)11-16-26(50)42-13-33(29(53)54,58-27(16)42)43-9-10-44(31(43)55)40-25(49)21(15-3-4-18(45)23(47)20(15)34)38-39-24(48)14-5-7-36-8-6-14/h3-4,12,14,16,24,27,36,39,45,47-48H,5-11,13H2,1-2H3,(H2,35,37)(H,40,49)(H,51,52)(H,53,54)/b38-21-,41-22-/t16-,24?,27-,33-/m1/s1. The Morgan fingerprint density at radius 3 is 2.50 bits per heavy atom. The Labute approximate surface area is 342 Å². The number of carbonyl (C=O) groups excluding carboxylic acids is 4. The van der Waals surface area contributed by atoms with E-state index in [2.05, 4.69) is 31.4 Å². The van der Waals surface area contributed by atoms with E-state index in [0.29, 0.717) is 25.9 Å². The van der Waals surface area contributed by atoms with Gasteiger partial charge in [0.05, 0.1) is 29.4 Å². The fraction of sp³-hybridized carbons (Fsp3) is 0.485. The summed E-state index contributed by atoms with van der Waals surface area (Å²) in [6.07, 6.45) is -0.478. The Hall–Kier alpha value is -5.43. The van der Waals surface area contributed by atoms with Crippen LogP contribution >= 0.6 is 34.7 Å². The number of fused-ring (bicyclic) bond motifs is 1. The number of carbonyl (C=O) groups is 6. The Bertz CT molecular complexity index is 2100. The number of hydrazone groups is 1. The second-order valence-corrected chi connectivity index (χ2v) is 16.8. The molecule has 4 aliphatic heterocycles. The predicted molar refractivity (Wildman–Crippen MR) is 205 cm³/mol. The van der Waals surface area contributed by atoms with Crippen molar-refractivity contribution in [2.45, 2.75) is 55.2 Å². The fourth-order valence-electron chi connectivity index (χ4n) is 6.60. The number of ketones is 1. The number of nitrogens with one attached hydrogen (secondary N) is 3. The zero-order valence-corrected chi connectivity index (χ0v) is 33.1. The molecule has 58 heavy (non-hydrogen) atoms. The average Bonchev–Trinajstić information content (AvgIpc) is 3.89. The van der Waals surface area contributed by atoms with Gasteiger partial charge in [-0.25, -0.2) is 24.4 Å². The summed E-state index contributed by atoms with van der Waals surface area (Å²) < 4.78 is 0.